The maximum Gasteiger partial charge on any atom is 0.251 e. The Labute approximate surface area is 131 Å². The molecule has 0 radical (unpaired) electrons. The highest BCUT2D eigenvalue weighted by atomic mass is 32.2. The number of aromatic nitrogens is 2. The number of rotatable bonds is 5. The van der Waals surface area contributed by atoms with Gasteiger partial charge in [-0.25, -0.2) is 0 Å². The molecule has 1 aromatic carbocycles. The maximum atomic E-state index is 11.9. The van der Waals surface area contributed by atoms with E-state index in [2.05, 4.69) is 15.5 Å². The first-order chi connectivity index (χ1) is 10.0. The summed E-state index contributed by atoms with van der Waals surface area (Å²) in [6.07, 6.45) is 0. The molecule has 0 saturated carbocycles. The number of nitrogens with one attached hydrogen (secondary N) is 1. The standard InChI is InChI=1S/C13H17N5OS2/c1-4-15-11(19)8-5-6-9(14)10(7-8)20-13-17-16-12(21-13)18(2)3/h5-7H,4,14H2,1-3H3,(H,15,19). The molecular weight excluding hydrogens is 306 g/mol. The number of carbonyl (C=O) groups is 1. The molecule has 2 rings (SSSR count). The van der Waals surface area contributed by atoms with Crippen LogP contribution in [0.1, 0.15) is 17.3 Å². The second-order valence-electron chi connectivity index (χ2n) is 4.46. The molecule has 0 saturated heterocycles. The first-order valence-electron chi connectivity index (χ1n) is 6.37. The second kappa shape index (κ2) is 6.77. The number of nitrogens with two attached hydrogens (primary N) is 1. The molecular formula is C13H17N5OS2. The van der Waals surface area contributed by atoms with Crippen molar-refractivity contribution in [3.8, 4) is 0 Å². The van der Waals surface area contributed by atoms with Crippen LogP contribution in [0.25, 0.3) is 0 Å². The van der Waals surface area contributed by atoms with E-state index in [-0.39, 0.29) is 5.91 Å². The minimum atomic E-state index is -0.106. The van der Waals surface area contributed by atoms with Crippen LogP contribution >= 0.6 is 23.1 Å². The normalized spacial score (nSPS) is 10.4. The van der Waals surface area contributed by atoms with Gasteiger partial charge in [0.1, 0.15) is 0 Å². The van der Waals surface area contributed by atoms with Crippen LogP contribution in [-0.4, -0.2) is 36.7 Å². The van der Waals surface area contributed by atoms with Gasteiger partial charge in [0.25, 0.3) is 5.91 Å². The van der Waals surface area contributed by atoms with Gasteiger partial charge in [0, 0.05) is 36.8 Å². The van der Waals surface area contributed by atoms with Gasteiger partial charge < -0.3 is 16.0 Å². The lowest BCUT2D eigenvalue weighted by molar-refractivity contribution is 0.0955. The molecule has 0 spiro atoms. The maximum absolute atomic E-state index is 11.9. The summed E-state index contributed by atoms with van der Waals surface area (Å²) in [7, 11) is 3.83. The number of nitrogens with zero attached hydrogens (tertiary/aromatic N) is 3. The van der Waals surface area contributed by atoms with Crippen LogP contribution in [0.15, 0.2) is 27.4 Å². The average Bonchev–Trinajstić information content (AvgIpc) is 2.90. The molecule has 8 heteroatoms. The second-order valence-corrected chi connectivity index (χ2v) is 6.70. The smallest absolute Gasteiger partial charge is 0.251 e. The molecule has 0 atom stereocenters. The van der Waals surface area contributed by atoms with Crippen molar-refractivity contribution in [3.05, 3.63) is 23.8 Å². The van der Waals surface area contributed by atoms with Gasteiger partial charge >= 0.3 is 0 Å². The lowest BCUT2D eigenvalue weighted by Gasteiger charge is -2.07. The summed E-state index contributed by atoms with van der Waals surface area (Å²) in [6, 6.07) is 5.23. The van der Waals surface area contributed by atoms with E-state index in [0.717, 1.165) is 14.4 Å². The summed E-state index contributed by atoms with van der Waals surface area (Å²) in [6.45, 7) is 2.48. The van der Waals surface area contributed by atoms with Gasteiger partial charge in [-0.2, -0.15) is 0 Å². The fourth-order valence-electron chi connectivity index (χ4n) is 1.55. The highest BCUT2D eigenvalue weighted by Crippen LogP contribution is 2.36. The zero-order valence-electron chi connectivity index (χ0n) is 12.1. The fourth-order valence-corrected chi connectivity index (χ4v) is 3.35. The molecule has 6 nitrogen and oxygen atoms in total. The molecule has 1 amide bonds. The monoisotopic (exact) mass is 323 g/mol. The fraction of sp³-hybridized carbons (Fsp3) is 0.308. The van der Waals surface area contributed by atoms with Crippen LogP contribution in [0.4, 0.5) is 10.8 Å². The minimum absolute atomic E-state index is 0.106. The molecule has 1 heterocycles. The Morgan fingerprint density at radius 3 is 2.81 bits per heavy atom. The molecule has 0 aliphatic carbocycles. The van der Waals surface area contributed by atoms with Gasteiger partial charge in [-0.05, 0) is 25.1 Å². The minimum Gasteiger partial charge on any atom is -0.398 e. The summed E-state index contributed by atoms with van der Waals surface area (Å²) in [5, 5.41) is 11.8. The molecule has 0 bridgehead atoms. The van der Waals surface area contributed by atoms with Crippen molar-refractivity contribution in [1.82, 2.24) is 15.5 Å². The molecule has 0 aliphatic rings. The Balaban J connectivity index is 2.22. The lowest BCUT2D eigenvalue weighted by Crippen LogP contribution is -2.22. The van der Waals surface area contributed by atoms with Crippen molar-refractivity contribution < 1.29 is 4.79 Å². The van der Waals surface area contributed by atoms with E-state index in [0.29, 0.717) is 17.8 Å². The first kappa shape index (κ1) is 15.6. The summed E-state index contributed by atoms with van der Waals surface area (Å²) in [4.78, 5) is 14.6. The highest BCUT2D eigenvalue weighted by molar-refractivity contribution is 8.01. The van der Waals surface area contributed by atoms with Crippen molar-refractivity contribution in [3.63, 3.8) is 0 Å². The Hall–Kier alpha value is -1.80. The predicted octanol–water partition coefficient (Wildman–Crippen LogP) is 2.09. The van der Waals surface area contributed by atoms with Crippen molar-refractivity contribution in [1.29, 1.82) is 0 Å². The van der Waals surface area contributed by atoms with Crippen LogP contribution in [-0.2, 0) is 0 Å². The Bertz CT molecular complexity index is 641. The van der Waals surface area contributed by atoms with Gasteiger partial charge in [-0.1, -0.05) is 23.1 Å². The topological polar surface area (TPSA) is 84.1 Å². The predicted molar refractivity (Wildman–Crippen MR) is 87.2 cm³/mol. The molecule has 112 valence electrons. The van der Waals surface area contributed by atoms with E-state index >= 15 is 0 Å². The molecule has 0 fully saturated rings. The van der Waals surface area contributed by atoms with Crippen LogP contribution in [0.3, 0.4) is 0 Å². The number of amides is 1. The SMILES string of the molecule is CCNC(=O)c1ccc(N)c(Sc2nnc(N(C)C)s2)c1. The van der Waals surface area contributed by atoms with E-state index in [1.54, 1.807) is 18.2 Å². The molecule has 21 heavy (non-hydrogen) atoms. The number of carbonyl (C=O) groups excluding carboxylic acids is 1. The van der Waals surface area contributed by atoms with Crippen molar-refractivity contribution in [2.45, 2.75) is 16.2 Å². The van der Waals surface area contributed by atoms with Gasteiger partial charge in [-0.3, -0.25) is 4.79 Å². The number of hydrogen-bond acceptors (Lipinski definition) is 7. The quantitative estimate of drug-likeness (QED) is 0.820. The van der Waals surface area contributed by atoms with E-state index in [9.17, 15) is 4.79 Å². The van der Waals surface area contributed by atoms with Crippen LogP contribution < -0.4 is 16.0 Å². The summed E-state index contributed by atoms with van der Waals surface area (Å²) >= 11 is 2.89. The number of nitrogen functional groups attached to an aromatic ring is 1. The number of anilines is 2. The highest BCUT2D eigenvalue weighted by Gasteiger charge is 2.12. The van der Waals surface area contributed by atoms with Gasteiger partial charge in [0.2, 0.25) is 5.13 Å². The average molecular weight is 323 g/mol. The first-order valence-corrected chi connectivity index (χ1v) is 8.01. The van der Waals surface area contributed by atoms with Crippen LogP contribution in [0.2, 0.25) is 0 Å². The van der Waals surface area contributed by atoms with Crippen molar-refractivity contribution in [2.75, 3.05) is 31.3 Å². The zero-order chi connectivity index (χ0) is 15.4. The third-order valence-electron chi connectivity index (χ3n) is 2.59. The third kappa shape index (κ3) is 3.85. The van der Waals surface area contributed by atoms with Gasteiger partial charge in [0.15, 0.2) is 4.34 Å². The summed E-state index contributed by atoms with van der Waals surface area (Å²) in [5.74, 6) is -0.106. The zero-order valence-corrected chi connectivity index (χ0v) is 13.7. The molecule has 1 aromatic heterocycles. The van der Waals surface area contributed by atoms with Crippen molar-refractivity contribution >= 4 is 39.8 Å². The Morgan fingerprint density at radius 1 is 1.43 bits per heavy atom. The van der Waals surface area contributed by atoms with Crippen LogP contribution in [0, 0.1) is 0 Å². The summed E-state index contributed by atoms with van der Waals surface area (Å²) in [5.41, 5.74) is 7.18. The van der Waals surface area contributed by atoms with E-state index < -0.39 is 0 Å². The van der Waals surface area contributed by atoms with E-state index in [4.69, 9.17) is 5.73 Å². The molecule has 0 aliphatic heterocycles. The van der Waals surface area contributed by atoms with Crippen LogP contribution in [0.5, 0.6) is 0 Å². The van der Waals surface area contributed by atoms with E-state index in [1.807, 2.05) is 25.9 Å². The van der Waals surface area contributed by atoms with Gasteiger partial charge in [0.05, 0.1) is 0 Å². The largest absolute Gasteiger partial charge is 0.398 e. The Morgan fingerprint density at radius 2 is 2.19 bits per heavy atom. The third-order valence-corrected chi connectivity index (χ3v) is 4.80. The number of benzene rings is 1. The number of hydrogen-bond donors (Lipinski definition) is 2. The van der Waals surface area contributed by atoms with Crippen molar-refractivity contribution in [2.24, 2.45) is 0 Å². The molecule has 2 aromatic rings. The van der Waals surface area contributed by atoms with E-state index in [1.165, 1.54) is 23.1 Å². The molecule has 0 unspecified atom stereocenters. The molecule has 3 N–H and O–H groups in total. The Kier molecular flexibility index (Phi) is 5.03. The summed E-state index contributed by atoms with van der Waals surface area (Å²) < 4.78 is 0.790. The van der Waals surface area contributed by atoms with Gasteiger partial charge in [-0.15, -0.1) is 10.2 Å². The lowest BCUT2D eigenvalue weighted by atomic mass is 10.2.